The van der Waals surface area contributed by atoms with Gasteiger partial charge in [-0.2, -0.15) is 26.3 Å². The predicted octanol–water partition coefficient (Wildman–Crippen LogP) is 4.86. The van der Waals surface area contributed by atoms with E-state index in [1.165, 1.54) is 23.8 Å². The maximum atomic E-state index is 13.1. The predicted molar refractivity (Wildman–Crippen MR) is 102 cm³/mol. The molecule has 13 heteroatoms. The summed E-state index contributed by atoms with van der Waals surface area (Å²) < 4.78 is 104. The highest BCUT2D eigenvalue weighted by Gasteiger charge is 2.35. The van der Waals surface area contributed by atoms with E-state index in [0.717, 1.165) is 12.3 Å². The fourth-order valence-electron chi connectivity index (χ4n) is 2.99. The Morgan fingerprint density at radius 3 is 2.09 bits per heavy atom. The van der Waals surface area contributed by atoms with Gasteiger partial charge in [-0.05, 0) is 25.1 Å². The van der Waals surface area contributed by atoms with Crippen molar-refractivity contribution < 1.29 is 34.8 Å². The Morgan fingerprint density at radius 1 is 0.906 bits per heavy atom. The molecular formula is C19H16F6N4O2S. The molecule has 0 aliphatic carbocycles. The Labute approximate surface area is 178 Å². The van der Waals surface area contributed by atoms with Crippen molar-refractivity contribution in [3.05, 3.63) is 48.0 Å². The molecule has 172 valence electrons. The standard InChI is InChI=1S/C19H16F6N4O2S/c1-3-29-13(11-5-6-15(26-8-11)19(23,24)25)10-28-17(29)16-14(32(30,31)4-2)7-12(9-27-16)18(20,21)22/h5-10H,3-4H2,1-2H3. The molecule has 0 fully saturated rings. The Bertz CT molecular complexity index is 1230. The molecule has 0 aromatic carbocycles. The van der Waals surface area contributed by atoms with Crippen molar-refractivity contribution in [1.82, 2.24) is 19.5 Å². The molecule has 0 saturated heterocycles. The zero-order chi connectivity index (χ0) is 23.9. The molecule has 0 radical (unpaired) electrons. The van der Waals surface area contributed by atoms with Gasteiger partial charge in [-0.25, -0.2) is 13.4 Å². The number of sulfone groups is 1. The van der Waals surface area contributed by atoms with E-state index in [1.54, 1.807) is 6.92 Å². The molecule has 32 heavy (non-hydrogen) atoms. The number of aromatic nitrogens is 4. The number of hydrogen-bond donors (Lipinski definition) is 0. The number of hydrogen-bond acceptors (Lipinski definition) is 5. The second-order valence-electron chi connectivity index (χ2n) is 6.61. The number of imidazole rings is 1. The van der Waals surface area contributed by atoms with Crippen LogP contribution in [0, 0.1) is 0 Å². The fourth-order valence-corrected chi connectivity index (χ4v) is 4.04. The summed E-state index contributed by atoms with van der Waals surface area (Å²) in [5.74, 6) is -0.506. The summed E-state index contributed by atoms with van der Waals surface area (Å²) in [7, 11) is -4.12. The lowest BCUT2D eigenvalue weighted by Crippen LogP contribution is -2.13. The lowest BCUT2D eigenvalue weighted by molar-refractivity contribution is -0.141. The summed E-state index contributed by atoms with van der Waals surface area (Å²) >= 11 is 0. The number of nitrogens with zero attached hydrogens (tertiary/aromatic N) is 4. The second kappa shape index (κ2) is 8.19. The van der Waals surface area contributed by atoms with Crippen LogP contribution in [0.2, 0.25) is 0 Å². The minimum atomic E-state index is -4.80. The topological polar surface area (TPSA) is 77.7 Å². The molecule has 0 atom stereocenters. The number of halogens is 6. The van der Waals surface area contributed by atoms with Crippen molar-refractivity contribution in [3.63, 3.8) is 0 Å². The van der Waals surface area contributed by atoms with Crippen LogP contribution in [0.5, 0.6) is 0 Å². The van der Waals surface area contributed by atoms with Crippen molar-refractivity contribution in [3.8, 4) is 22.8 Å². The molecule has 0 aliphatic heterocycles. The highest BCUT2D eigenvalue weighted by molar-refractivity contribution is 7.91. The van der Waals surface area contributed by atoms with E-state index in [4.69, 9.17) is 0 Å². The second-order valence-corrected chi connectivity index (χ2v) is 8.86. The van der Waals surface area contributed by atoms with E-state index in [1.807, 2.05) is 0 Å². The maximum Gasteiger partial charge on any atom is 0.433 e. The van der Waals surface area contributed by atoms with Crippen LogP contribution in [0.3, 0.4) is 0 Å². The molecule has 0 saturated carbocycles. The van der Waals surface area contributed by atoms with Crippen LogP contribution in [0.1, 0.15) is 25.1 Å². The zero-order valence-corrected chi connectivity index (χ0v) is 17.5. The van der Waals surface area contributed by atoms with Crippen LogP contribution >= 0.6 is 0 Å². The summed E-state index contributed by atoms with van der Waals surface area (Å²) in [5, 5.41) is 0. The molecule has 0 bridgehead atoms. The van der Waals surface area contributed by atoms with Gasteiger partial charge >= 0.3 is 12.4 Å². The molecule has 3 aromatic rings. The molecule has 0 N–H and O–H groups in total. The van der Waals surface area contributed by atoms with Crippen LogP contribution in [-0.2, 0) is 28.7 Å². The Morgan fingerprint density at radius 2 is 1.59 bits per heavy atom. The summed E-state index contributed by atoms with van der Waals surface area (Å²) in [5.41, 5.74) is -2.05. The Balaban J connectivity index is 2.19. The van der Waals surface area contributed by atoms with Crippen molar-refractivity contribution in [1.29, 1.82) is 0 Å². The third kappa shape index (κ3) is 4.47. The van der Waals surface area contributed by atoms with Gasteiger partial charge in [-0.3, -0.25) is 9.97 Å². The Kier molecular flexibility index (Phi) is 6.06. The quantitative estimate of drug-likeness (QED) is 0.490. The maximum absolute atomic E-state index is 13.1. The number of rotatable bonds is 5. The SMILES string of the molecule is CCn1c(-c2ccc(C(F)(F)F)nc2)cnc1-c1ncc(C(F)(F)F)cc1S(=O)(=O)CC. The number of pyridine rings is 2. The van der Waals surface area contributed by atoms with E-state index in [-0.39, 0.29) is 23.6 Å². The van der Waals surface area contributed by atoms with Crippen molar-refractivity contribution in [2.45, 2.75) is 37.6 Å². The molecule has 3 aromatic heterocycles. The first-order valence-corrected chi connectivity index (χ1v) is 10.8. The van der Waals surface area contributed by atoms with Crippen LogP contribution < -0.4 is 0 Å². The first kappa shape index (κ1) is 23.7. The third-order valence-corrected chi connectivity index (χ3v) is 6.37. The normalized spacial score (nSPS) is 12.9. The van der Waals surface area contributed by atoms with E-state index < -0.39 is 44.1 Å². The highest BCUT2D eigenvalue weighted by Crippen LogP contribution is 2.35. The first-order valence-electron chi connectivity index (χ1n) is 9.19. The molecule has 0 amide bonds. The van der Waals surface area contributed by atoms with Crippen molar-refractivity contribution in [2.24, 2.45) is 0 Å². The molecule has 0 spiro atoms. The van der Waals surface area contributed by atoms with E-state index in [2.05, 4.69) is 15.0 Å². The summed E-state index contributed by atoms with van der Waals surface area (Å²) in [4.78, 5) is 10.6. The van der Waals surface area contributed by atoms with Crippen LogP contribution in [0.15, 0.2) is 41.7 Å². The number of alkyl halides is 6. The lowest BCUT2D eigenvalue weighted by Gasteiger charge is -2.14. The third-order valence-electron chi connectivity index (χ3n) is 4.63. The van der Waals surface area contributed by atoms with Crippen LogP contribution in [-0.4, -0.2) is 33.7 Å². The molecule has 3 rings (SSSR count). The molecule has 0 unspecified atom stereocenters. The smallest absolute Gasteiger partial charge is 0.323 e. The average molecular weight is 478 g/mol. The van der Waals surface area contributed by atoms with Crippen molar-refractivity contribution >= 4 is 9.84 Å². The molecule has 0 aliphatic rings. The van der Waals surface area contributed by atoms with Gasteiger partial charge in [0.15, 0.2) is 15.7 Å². The van der Waals surface area contributed by atoms with E-state index in [0.29, 0.717) is 18.0 Å². The van der Waals surface area contributed by atoms with Crippen LogP contribution in [0.4, 0.5) is 26.3 Å². The fraction of sp³-hybridized carbons (Fsp3) is 0.316. The van der Waals surface area contributed by atoms with Crippen LogP contribution in [0.25, 0.3) is 22.8 Å². The summed E-state index contributed by atoms with van der Waals surface area (Å²) in [6, 6.07) is 2.47. The summed E-state index contributed by atoms with van der Waals surface area (Å²) in [6.07, 6.45) is -6.66. The monoisotopic (exact) mass is 478 g/mol. The minimum absolute atomic E-state index is 0.0388. The van der Waals surface area contributed by atoms with Gasteiger partial charge in [-0.15, -0.1) is 0 Å². The Hall–Kier alpha value is -2.96. The molecule has 6 nitrogen and oxygen atoms in total. The van der Waals surface area contributed by atoms with Gasteiger partial charge in [0.1, 0.15) is 11.4 Å². The van der Waals surface area contributed by atoms with Gasteiger partial charge in [-0.1, -0.05) is 6.92 Å². The largest absolute Gasteiger partial charge is 0.433 e. The van der Waals surface area contributed by atoms with E-state index >= 15 is 0 Å². The zero-order valence-electron chi connectivity index (χ0n) is 16.7. The van der Waals surface area contributed by atoms with Gasteiger partial charge in [0.05, 0.1) is 28.1 Å². The average Bonchev–Trinajstić information content (AvgIpc) is 3.16. The van der Waals surface area contributed by atoms with E-state index in [9.17, 15) is 34.8 Å². The lowest BCUT2D eigenvalue weighted by atomic mass is 10.2. The first-order chi connectivity index (χ1) is 14.8. The highest BCUT2D eigenvalue weighted by atomic mass is 32.2. The summed E-state index contributed by atoms with van der Waals surface area (Å²) in [6.45, 7) is 3.12. The van der Waals surface area contributed by atoms with Gasteiger partial charge < -0.3 is 4.57 Å². The molecular weight excluding hydrogens is 462 g/mol. The van der Waals surface area contributed by atoms with Gasteiger partial charge in [0, 0.05) is 24.5 Å². The van der Waals surface area contributed by atoms with Gasteiger partial charge in [0.2, 0.25) is 0 Å². The molecule has 3 heterocycles. The minimum Gasteiger partial charge on any atom is -0.323 e. The van der Waals surface area contributed by atoms with Crippen molar-refractivity contribution in [2.75, 3.05) is 5.75 Å². The van der Waals surface area contributed by atoms with Gasteiger partial charge in [0.25, 0.3) is 0 Å².